The first kappa shape index (κ1) is 23.7. The summed E-state index contributed by atoms with van der Waals surface area (Å²) >= 11 is 0. The average molecular weight is 509 g/mol. The van der Waals surface area contributed by atoms with Gasteiger partial charge in [-0.15, -0.1) is 0 Å². The van der Waals surface area contributed by atoms with Crippen molar-refractivity contribution >= 4 is 35.3 Å². The summed E-state index contributed by atoms with van der Waals surface area (Å²) in [6.45, 7) is 1.30. The number of hydrogen-bond acceptors (Lipinski definition) is 7. The lowest BCUT2D eigenvalue weighted by molar-refractivity contribution is -0.132. The van der Waals surface area contributed by atoms with Gasteiger partial charge in [-0.05, 0) is 65.7 Å². The van der Waals surface area contributed by atoms with Gasteiger partial charge in [0.25, 0.3) is 0 Å². The average Bonchev–Trinajstić information content (AvgIpc) is 3.41. The van der Waals surface area contributed by atoms with Crippen LogP contribution in [0.15, 0.2) is 79.0 Å². The number of benzene rings is 3. The van der Waals surface area contributed by atoms with Gasteiger partial charge in [-0.25, -0.2) is 4.90 Å². The molecule has 0 radical (unpaired) electrons. The van der Waals surface area contributed by atoms with Gasteiger partial charge in [0.05, 0.1) is 30.7 Å². The van der Waals surface area contributed by atoms with Gasteiger partial charge in [0.2, 0.25) is 11.8 Å². The van der Waals surface area contributed by atoms with Crippen molar-refractivity contribution in [3.63, 3.8) is 0 Å². The highest BCUT2D eigenvalue weighted by molar-refractivity contribution is 6.24. The van der Waals surface area contributed by atoms with Crippen molar-refractivity contribution in [3.8, 4) is 11.5 Å². The SMILES string of the molecule is COc1ccc(C(=O)[C@@H]2[C@@H]3C(=O)N(c4ccc(OC(C)=O)cc4)C(=O)[C@@H]3C3c4ccccc4C=CN32)cc1. The number of ether oxygens (including phenoxy) is 2. The molecule has 3 aromatic carbocycles. The third-order valence-corrected chi connectivity index (χ3v) is 7.46. The van der Waals surface area contributed by atoms with E-state index in [1.54, 1.807) is 43.5 Å². The van der Waals surface area contributed by atoms with Crippen LogP contribution in [-0.2, 0) is 14.4 Å². The quantitative estimate of drug-likeness (QED) is 0.222. The molecule has 2 fully saturated rings. The fourth-order valence-corrected chi connectivity index (χ4v) is 5.87. The molecule has 0 aliphatic carbocycles. The molecule has 4 atom stereocenters. The predicted molar refractivity (Wildman–Crippen MR) is 138 cm³/mol. The Morgan fingerprint density at radius 3 is 2.16 bits per heavy atom. The molecule has 190 valence electrons. The Bertz CT molecular complexity index is 1490. The van der Waals surface area contributed by atoms with Crippen molar-refractivity contribution in [1.82, 2.24) is 4.90 Å². The van der Waals surface area contributed by atoms with E-state index < -0.39 is 35.8 Å². The lowest BCUT2D eigenvalue weighted by atomic mass is 9.83. The molecule has 2 saturated heterocycles. The highest BCUT2D eigenvalue weighted by Crippen LogP contribution is 2.53. The Morgan fingerprint density at radius 1 is 0.816 bits per heavy atom. The van der Waals surface area contributed by atoms with Gasteiger partial charge >= 0.3 is 5.97 Å². The van der Waals surface area contributed by atoms with E-state index in [2.05, 4.69) is 0 Å². The fraction of sp³-hybridized carbons (Fsp3) is 0.200. The van der Waals surface area contributed by atoms with Gasteiger partial charge in [-0.3, -0.25) is 19.2 Å². The van der Waals surface area contributed by atoms with E-state index in [1.807, 2.05) is 41.4 Å². The number of carbonyl (C=O) groups excluding carboxylic acids is 4. The second kappa shape index (κ2) is 8.99. The summed E-state index contributed by atoms with van der Waals surface area (Å²) in [5.41, 5.74) is 2.66. The van der Waals surface area contributed by atoms with Crippen molar-refractivity contribution in [2.45, 2.75) is 19.0 Å². The number of anilines is 1. The smallest absolute Gasteiger partial charge is 0.308 e. The summed E-state index contributed by atoms with van der Waals surface area (Å²) in [7, 11) is 1.55. The zero-order chi connectivity index (χ0) is 26.6. The molecule has 1 unspecified atom stereocenters. The fourth-order valence-electron chi connectivity index (χ4n) is 5.87. The predicted octanol–water partition coefficient (Wildman–Crippen LogP) is 4.02. The Kier molecular flexibility index (Phi) is 5.60. The summed E-state index contributed by atoms with van der Waals surface area (Å²) in [5.74, 6) is -2.17. The molecular formula is C30H24N2O6. The number of methoxy groups -OCH3 is 1. The number of nitrogens with zero attached hydrogens (tertiary/aromatic N) is 2. The van der Waals surface area contributed by atoms with Crippen LogP contribution in [0.1, 0.15) is 34.5 Å². The van der Waals surface area contributed by atoms with Crippen molar-refractivity contribution < 1.29 is 28.7 Å². The lowest BCUT2D eigenvalue weighted by Crippen LogP contribution is -2.44. The number of esters is 1. The molecular weight excluding hydrogens is 484 g/mol. The molecule has 0 N–H and O–H groups in total. The van der Waals surface area contributed by atoms with Gasteiger partial charge in [-0.2, -0.15) is 0 Å². The summed E-state index contributed by atoms with van der Waals surface area (Å²) in [5, 5.41) is 0. The molecule has 8 nitrogen and oxygen atoms in total. The molecule has 0 bridgehead atoms. The highest BCUT2D eigenvalue weighted by Gasteiger charge is 2.64. The van der Waals surface area contributed by atoms with Crippen LogP contribution in [0.5, 0.6) is 11.5 Å². The molecule has 3 aliphatic rings. The molecule has 0 spiro atoms. The number of hydrogen-bond donors (Lipinski definition) is 0. The first-order valence-electron chi connectivity index (χ1n) is 12.3. The number of amides is 2. The van der Waals surface area contributed by atoms with E-state index in [0.29, 0.717) is 22.7 Å². The van der Waals surface area contributed by atoms with Gasteiger partial charge in [0.15, 0.2) is 5.78 Å². The molecule has 38 heavy (non-hydrogen) atoms. The number of rotatable bonds is 5. The highest BCUT2D eigenvalue weighted by atomic mass is 16.5. The van der Waals surface area contributed by atoms with Gasteiger partial charge in [-0.1, -0.05) is 24.3 Å². The van der Waals surface area contributed by atoms with Crippen LogP contribution in [0, 0.1) is 11.8 Å². The molecule has 3 heterocycles. The Morgan fingerprint density at radius 2 is 1.47 bits per heavy atom. The van der Waals surface area contributed by atoms with Gasteiger partial charge in [0, 0.05) is 18.7 Å². The van der Waals surface area contributed by atoms with Crippen LogP contribution in [0.3, 0.4) is 0 Å². The van der Waals surface area contributed by atoms with E-state index in [4.69, 9.17) is 9.47 Å². The van der Waals surface area contributed by atoms with Crippen molar-refractivity contribution in [2.75, 3.05) is 12.0 Å². The summed E-state index contributed by atoms with van der Waals surface area (Å²) in [4.78, 5) is 56.2. The van der Waals surface area contributed by atoms with Crippen molar-refractivity contribution in [2.24, 2.45) is 11.8 Å². The summed E-state index contributed by atoms with van der Waals surface area (Å²) in [6.07, 6.45) is 3.75. The van der Waals surface area contributed by atoms with Crippen molar-refractivity contribution in [1.29, 1.82) is 0 Å². The number of imide groups is 1. The number of fused-ring (bicyclic) bond motifs is 5. The van der Waals surface area contributed by atoms with E-state index >= 15 is 0 Å². The summed E-state index contributed by atoms with van der Waals surface area (Å²) < 4.78 is 10.3. The topological polar surface area (TPSA) is 93.2 Å². The first-order chi connectivity index (χ1) is 18.4. The van der Waals surface area contributed by atoms with Crippen LogP contribution in [0.25, 0.3) is 6.08 Å². The van der Waals surface area contributed by atoms with Gasteiger partial charge in [0.1, 0.15) is 17.5 Å². The minimum absolute atomic E-state index is 0.234. The molecule has 6 rings (SSSR count). The maximum absolute atomic E-state index is 14.0. The number of carbonyl (C=O) groups is 4. The first-order valence-corrected chi connectivity index (χ1v) is 12.3. The maximum atomic E-state index is 14.0. The third kappa shape index (κ3) is 3.60. The van der Waals surface area contributed by atoms with E-state index in [-0.39, 0.29) is 11.7 Å². The van der Waals surface area contributed by atoms with Gasteiger partial charge < -0.3 is 14.4 Å². The maximum Gasteiger partial charge on any atom is 0.308 e. The molecule has 8 heteroatoms. The zero-order valence-electron chi connectivity index (χ0n) is 20.7. The van der Waals surface area contributed by atoms with Crippen molar-refractivity contribution in [3.05, 3.63) is 95.7 Å². The molecule has 3 aromatic rings. The van der Waals surface area contributed by atoms with Crippen LogP contribution in [0.2, 0.25) is 0 Å². The Labute approximate surface area is 219 Å². The normalized spacial score (nSPS) is 23.1. The second-order valence-corrected chi connectivity index (χ2v) is 9.53. The van der Waals surface area contributed by atoms with E-state index in [9.17, 15) is 19.2 Å². The zero-order valence-corrected chi connectivity index (χ0v) is 20.7. The molecule has 2 amide bonds. The minimum atomic E-state index is -0.869. The standard InChI is InChI=1S/C30H24N2O6/c1-17(33)38-22-13-9-20(10-14-22)32-29(35)24-25(30(32)36)27(28(34)19-7-11-21(37-2)12-8-19)31-16-15-18-5-3-4-6-23(18)26(24)31/h3-16,24-27H,1-2H3/t24-,25+,26?,27-/m0/s1. The number of ketones is 1. The molecule has 0 aromatic heterocycles. The second-order valence-electron chi connectivity index (χ2n) is 9.53. The Hall–Kier alpha value is -4.72. The number of Topliss-reactive ketones (excluding diaryl/α,β-unsaturated/α-hetero) is 1. The molecule has 3 aliphatic heterocycles. The third-order valence-electron chi connectivity index (χ3n) is 7.46. The van der Waals surface area contributed by atoms with Crippen LogP contribution >= 0.6 is 0 Å². The molecule has 0 saturated carbocycles. The lowest BCUT2D eigenvalue weighted by Gasteiger charge is -2.35. The van der Waals surface area contributed by atoms with Crippen LogP contribution in [0.4, 0.5) is 5.69 Å². The van der Waals surface area contributed by atoms with E-state index in [1.165, 1.54) is 24.0 Å². The Balaban J connectivity index is 1.43. The minimum Gasteiger partial charge on any atom is -0.497 e. The van der Waals surface area contributed by atoms with E-state index in [0.717, 1.165) is 11.1 Å². The summed E-state index contributed by atoms with van der Waals surface area (Å²) in [6, 6.07) is 19.4. The van der Waals surface area contributed by atoms with Crippen LogP contribution < -0.4 is 14.4 Å². The monoisotopic (exact) mass is 508 g/mol. The van der Waals surface area contributed by atoms with Crippen LogP contribution in [-0.4, -0.2) is 41.6 Å². The largest absolute Gasteiger partial charge is 0.497 e.